The highest BCUT2D eigenvalue weighted by Gasteiger charge is 2.34. The first-order chi connectivity index (χ1) is 8.96. The maximum Gasteiger partial charge on any atom is 0.243 e. The van der Waals surface area contributed by atoms with Crippen LogP contribution in [-0.2, 0) is 10.0 Å². The van der Waals surface area contributed by atoms with E-state index in [0.29, 0.717) is 29.1 Å². The topological polar surface area (TPSA) is 49.4 Å². The minimum Gasteiger partial charge on any atom is -0.313 e. The minimum absolute atomic E-state index is 0.0550. The third-order valence-electron chi connectivity index (χ3n) is 3.11. The molecule has 1 heterocycles. The van der Waals surface area contributed by atoms with Crippen LogP contribution in [0, 0.1) is 0 Å². The number of nitrogens with zero attached hydrogens (tertiary/aromatic N) is 1. The molecule has 106 valence electrons. The lowest BCUT2D eigenvalue weighted by molar-refractivity contribution is 0.242. The van der Waals surface area contributed by atoms with Crippen LogP contribution in [-0.4, -0.2) is 38.4 Å². The smallest absolute Gasteiger partial charge is 0.243 e. The first-order valence-corrected chi connectivity index (χ1v) is 8.75. The Balaban J connectivity index is 2.35. The average Bonchev–Trinajstić information content (AvgIpc) is 2.29. The SMILES string of the molecule is CCCN(C1CNC1)S(=O)(=O)c1ccc(Cl)c(Br)c1. The summed E-state index contributed by atoms with van der Waals surface area (Å²) >= 11 is 9.17. The van der Waals surface area contributed by atoms with E-state index < -0.39 is 10.0 Å². The van der Waals surface area contributed by atoms with E-state index in [1.165, 1.54) is 0 Å². The lowest BCUT2D eigenvalue weighted by Crippen LogP contribution is -2.58. The lowest BCUT2D eigenvalue weighted by atomic mass is 10.2. The summed E-state index contributed by atoms with van der Waals surface area (Å²) in [6.45, 7) is 3.95. The second-order valence-corrected chi connectivity index (χ2v) is 7.66. The zero-order chi connectivity index (χ0) is 14.0. The molecule has 0 bridgehead atoms. The van der Waals surface area contributed by atoms with Crippen LogP contribution in [0.15, 0.2) is 27.6 Å². The first-order valence-electron chi connectivity index (χ1n) is 6.14. The van der Waals surface area contributed by atoms with Crippen molar-refractivity contribution in [3.63, 3.8) is 0 Å². The molecule has 19 heavy (non-hydrogen) atoms. The molecule has 0 aromatic heterocycles. The van der Waals surface area contributed by atoms with Gasteiger partial charge in [0.1, 0.15) is 0 Å². The van der Waals surface area contributed by atoms with E-state index in [1.807, 2.05) is 6.92 Å². The summed E-state index contributed by atoms with van der Waals surface area (Å²) in [5.41, 5.74) is 0. The molecule has 1 aromatic carbocycles. The Bertz CT molecular complexity index is 561. The van der Waals surface area contributed by atoms with Crippen LogP contribution < -0.4 is 5.32 Å². The van der Waals surface area contributed by atoms with Crippen molar-refractivity contribution in [1.29, 1.82) is 0 Å². The van der Waals surface area contributed by atoms with Gasteiger partial charge in [0.25, 0.3) is 0 Å². The fraction of sp³-hybridized carbons (Fsp3) is 0.500. The van der Waals surface area contributed by atoms with E-state index in [0.717, 1.165) is 6.42 Å². The van der Waals surface area contributed by atoms with Gasteiger partial charge in [-0.2, -0.15) is 4.31 Å². The van der Waals surface area contributed by atoms with Crippen molar-refractivity contribution in [2.24, 2.45) is 0 Å². The summed E-state index contributed by atoms with van der Waals surface area (Å²) in [7, 11) is -3.46. The molecule has 4 nitrogen and oxygen atoms in total. The van der Waals surface area contributed by atoms with Crippen molar-refractivity contribution >= 4 is 37.6 Å². The predicted octanol–water partition coefficient (Wildman–Crippen LogP) is 2.48. The van der Waals surface area contributed by atoms with Gasteiger partial charge in [-0.3, -0.25) is 0 Å². The quantitative estimate of drug-likeness (QED) is 0.870. The highest BCUT2D eigenvalue weighted by atomic mass is 79.9. The number of halogens is 2. The molecule has 0 radical (unpaired) electrons. The molecule has 0 spiro atoms. The van der Waals surface area contributed by atoms with Crippen LogP contribution in [0.2, 0.25) is 5.02 Å². The Morgan fingerprint density at radius 3 is 2.63 bits per heavy atom. The number of hydrogen-bond donors (Lipinski definition) is 1. The lowest BCUT2D eigenvalue weighted by Gasteiger charge is -2.37. The van der Waals surface area contributed by atoms with Gasteiger partial charge in [-0.1, -0.05) is 18.5 Å². The predicted molar refractivity (Wildman–Crippen MR) is 80.0 cm³/mol. The van der Waals surface area contributed by atoms with E-state index in [9.17, 15) is 8.42 Å². The summed E-state index contributed by atoms with van der Waals surface area (Å²) in [6, 6.07) is 4.77. The van der Waals surface area contributed by atoms with Gasteiger partial charge in [-0.15, -0.1) is 0 Å². The molecule has 0 atom stereocenters. The van der Waals surface area contributed by atoms with Crippen LogP contribution in [0.5, 0.6) is 0 Å². The second kappa shape index (κ2) is 6.10. The summed E-state index contributed by atoms with van der Waals surface area (Å²) < 4.78 is 27.5. The molecule has 0 amide bonds. The Kier molecular flexibility index (Phi) is 4.89. The highest BCUT2D eigenvalue weighted by Crippen LogP contribution is 2.28. The highest BCUT2D eigenvalue weighted by molar-refractivity contribution is 9.10. The molecule has 1 saturated heterocycles. The molecule has 1 aliphatic rings. The fourth-order valence-electron chi connectivity index (χ4n) is 1.97. The fourth-order valence-corrected chi connectivity index (χ4v) is 4.36. The molecule has 0 unspecified atom stereocenters. The summed E-state index contributed by atoms with van der Waals surface area (Å²) in [6.07, 6.45) is 0.796. The van der Waals surface area contributed by atoms with Gasteiger partial charge in [-0.05, 0) is 40.5 Å². The molecule has 1 N–H and O–H groups in total. The molecule has 1 fully saturated rings. The standard InChI is InChI=1S/C12H16BrClN2O2S/c1-2-5-16(9-7-15-8-9)19(17,18)10-3-4-12(14)11(13)6-10/h3-4,6,9,15H,2,5,7-8H2,1H3. The van der Waals surface area contributed by atoms with Crippen molar-refractivity contribution < 1.29 is 8.42 Å². The Morgan fingerprint density at radius 1 is 1.47 bits per heavy atom. The monoisotopic (exact) mass is 366 g/mol. The van der Waals surface area contributed by atoms with Gasteiger partial charge in [0.15, 0.2) is 0 Å². The summed E-state index contributed by atoms with van der Waals surface area (Å²) in [5, 5.41) is 3.61. The van der Waals surface area contributed by atoms with E-state index in [2.05, 4.69) is 21.2 Å². The molecule has 1 aliphatic heterocycles. The normalized spacial score (nSPS) is 16.6. The number of benzene rings is 1. The maximum atomic E-state index is 12.7. The molecular weight excluding hydrogens is 352 g/mol. The zero-order valence-corrected chi connectivity index (χ0v) is 13.7. The van der Waals surface area contributed by atoms with Gasteiger partial charge in [-0.25, -0.2) is 8.42 Å². The van der Waals surface area contributed by atoms with Crippen molar-refractivity contribution in [3.8, 4) is 0 Å². The molecular formula is C12H16BrClN2O2S. The van der Waals surface area contributed by atoms with Gasteiger partial charge < -0.3 is 5.32 Å². The molecule has 2 rings (SSSR count). The van der Waals surface area contributed by atoms with Crippen molar-refractivity contribution in [1.82, 2.24) is 9.62 Å². The van der Waals surface area contributed by atoms with Crippen molar-refractivity contribution in [2.75, 3.05) is 19.6 Å². The van der Waals surface area contributed by atoms with E-state index in [-0.39, 0.29) is 10.9 Å². The second-order valence-electron chi connectivity index (χ2n) is 4.50. The van der Waals surface area contributed by atoms with Gasteiger partial charge in [0.2, 0.25) is 10.0 Å². The molecule has 0 aliphatic carbocycles. The van der Waals surface area contributed by atoms with Crippen molar-refractivity contribution in [3.05, 3.63) is 27.7 Å². The third-order valence-corrected chi connectivity index (χ3v) is 6.27. The van der Waals surface area contributed by atoms with E-state index >= 15 is 0 Å². The maximum absolute atomic E-state index is 12.7. The number of sulfonamides is 1. The first kappa shape index (κ1) is 15.3. The van der Waals surface area contributed by atoms with Gasteiger partial charge in [0.05, 0.1) is 16.0 Å². The van der Waals surface area contributed by atoms with Crippen LogP contribution >= 0.6 is 27.5 Å². The van der Waals surface area contributed by atoms with Gasteiger partial charge in [0, 0.05) is 24.1 Å². The van der Waals surface area contributed by atoms with Crippen LogP contribution in [0.1, 0.15) is 13.3 Å². The Labute approximate surface area is 127 Å². The number of hydrogen-bond acceptors (Lipinski definition) is 3. The largest absolute Gasteiger partial charge is 0.313 e. The van der Waals surface area contributed by atoms with Crippen LogP contribution in [0.25, 0.3) is 0 Å². The van der Waals surface area contributed by atoms with Crippen molar-refractivity contribution in [2.45, 2.75) is 24.3 Å². The zero-order valence-electron chi connectivity index (χ0n) is 10.6. The van der Waals surface area contributed by atoms with Gasteiger partial charge >= 0.3 is 0 Å². The van der Waals surface area contributed by atoms with E-state index in [4.69, 9.17) is 11.6 Å². The summed E-state index contributed by atoms with van der Waals surface area (Å²) in [4.78, 5) is 0.282. The molecule has 7 heteroatoms. The van der Waals surface area contributed by atoms with Crippen LogP contribution in [0.3, 0.4) is 0 Å². The molecule has 0 saturated carbocycles. The summed E-state index contributed by atoms with van der Waals surface area (Å²) in [5.74, 6) is 0. The number of rotatable bonds is 5. The third kappa shape index (κ3) is 3.13. The van der Waals surface area contributed by atoms with E-state index in [1.54, 1.807) is 22.5 Å². The number of nitrogens with one attached hydrogen (secondary N) is 1. The van der Waals surface area contributed by atoms with Crippen LogP contribution in [0.4, 0.5) is 0 Å². The Morgan fingerprint density at radius 2 is 2.16 bits per heavy atom. The Hall–Kier alpha value is -0.140. The average molecular weight is 368 g/mol. The molecule has 1 aromatic rings. The minimum atomic E-state index is -3.46.